The van der Waals surface area contributed by atoms with Gasteiger partial charge in [-0.05, 0) is 54.9 Å². The number of carboxylic acid groups (broad SMARTS) is 1. The second-order valence-electron chi connectivity index (χ2n) is 6.35. The van der Waals surface area contributed by atoms with E-state index < -0.39 is 11.9 Å². The van der Waals surface area contributed by atoms with Gasteiger partial charge in [0.05, 0.1) is 11.1 Å². The van der Waals surface area contributed by atoms with Crippen molar-refractivity contribution in [2.75, 3.05) is 0 Å². The van der Waals surface area contributed by atoms with Gasteiger partial charge in [-0.25, -0.2) is 4.79 Å². The number of amides is 1. The maximum Gasteiger partial charge on any atom is 0.335 e. The molecule has 146 valence electrons. The van der Waals surface area contributed by atoms with E-state index in [-0.39, 0.29) is 17.0 Å². The Hall–Kier alpha value is -3.46. The topological polar surface area (TPSA) is 119 Å². The quantitative estimate of drug-likeness (QED) is 0.720. The Morgan fingerprint density at radius 2 is 2.03 bits per heavy atom. The highest BCUT2D eigenvalue weighted by atomic mass is 32.2. The van der Waals surface area contributed by atoms with Gasteiger partial charge in [0.15, 0.2) is 5.84 Å². The van der Waals surface area contributed by atoms with Gasteiger partial charge in [-0.15, -0.1) is 0 Å². The van der Waals surface area contributed by atoms with Gasteiger partial charge in [0.1, 0.15) is 16.6 Å². The normalized spacial score (nSPS) is 17.4. The Morgan fingerprint density at radius 1 is 1.28 bits per heavy atom. The Kier molecular flexibility index (Phi) is 4.89. The number of hydrogen-bond acceptors (Lipinski definition) is 6. The Bertz CT molecular complexity index is 1110. The zero-order valence-electron chi connectivity index (χ0n) is 15.4. The highest BCUT2D eigenvalue weighted by Gasteiger charge is 2.35. The molecular formula is C20H16N4O4S. The smallest absolute Gasteiger partial charge is 0.335 e. The summed E-state index contributed by atoms with van der Waals surface area (Å²) in [5.74, 6) is -0.639. The zero-order valence-corrected chi connectivity index (χ0v) is 16.2. The van der Waals surface area contributed by atoms with Gasteiger partial charge < -0.3 is 9.52 Å². The van der Waals surface area contributed by atoms with E-state index in [0.717, 1.165) is 17.9 Å². The van der Waals surface area contributed by atoms with Crippen LogP contribution in [0.4, 0.5) is 0 Å². The van der Waals surface area contributed by atoms with Gasteiger partial charge in [-0.1, -0.05) is 19.1 Å². The van der Waals surface area contributed by atoms with Gasteiger partial charge in [0.2, 0.25) is 5.17 Å². The van der Waals surface area contributed by atoms with Crippen LogP contribution < -0.4 is 0 Å². The molecule has 0 saturated heterocycles. The van der Waals surface area contributed by atoms with E-state index in [1.807, 2.05) is 6.92 Å². The molecule has 9 heteroatoms. The SMILES string of the molecule is CCCC1=NN2C(=N)C(=Cc3ccc(-c4ccc(C(=O)O)cc4)o3)C(=O)N=C2S1. The van der Waals surface area contributed by atoms with Gasteiger partial charge in [0, 0.05) is 5.56 Å². The second kappa shape index (κ2) is 7.51. The summed E-state index contributed by atoms with van der Waals surface area (Å²) in [5.41, 5.74) is 0.983. The highest BCUT2D eigenvalue weighted by molar-refractivity contribution is 8.26. The van der Waals surface area contributed by atoms with Crippen molar-refractivity contribution >= 4 is 45.8 Å². The number of nitrogens with zero attached hydrogens (tertiary/aromatic N) is 3. The first-order valence-corrected chi connectivity index (χ1v) is 9.70. The number of thioether (sulfide) groups is 1. The van der Waals surface area contributed by atoms with E-state index in [0.29, 0.717) is 22.3 Å². The van der Waals surface area contributed by atoms with Gasteiger partial charge >= 0.3 is 5.97 Å². The first-order valence-electron chi connectivity index (χ1n) is 8.89. The van der Waals surface area contributed by atoms with E-state index in [1.54, 1.807) is 24.3 Å². The second-order valence-corrected chi connectivity index (χ2v) is 7.39. The summed E-state index contributed by atoms with van der Waals surface area (Å²) in [7, 11) is 0. The number of aromatic carboxylic acids is 1. The maximum atomic E-state index is 12.4. The monoisotopic (exact) mass is 408 g/mol. The molecule has 2 aliphatic heterocycles. The number of hydrazone groups is 1. The van der Waals surface area contributed by atoms with Crippen molar-refractivity contribution in [1.29, 1.82) is 5.41 Å². The molecule has 1 aromatic carbocycles. The number of furan rings is 1. The lowest BCUT2D eigenvalue weighted by atomic mass is 10.1. The molecule has 0 spiro atoms. The maximum absolute atomic E-state index is 12.4. The summed E-state index contributed by atoms with van der Waals surface area (Å²) >= 11 is 1.31. The minimum absolute atomic E-state index is 0.0395. The van der Waals surface area contributed by atoms with E-state index in [4.69, 9.17) is 14.9 Å². The number of aliphatic imine (C=N–C) groups is 1. The molecule has 4 rings (SSSR count). The molecule has 1 aromatic heterocycles. The lowest BCUT2D eigenvalue weighted by molar-refractivity contribution is -0.114. The molecule has 2 aliphatic rings. The number of carbonyl (C=O) groups excluding carboxylic acids is 1. The van der Waals surface area contributed by atoms with Crippen LogP contribution in [0, 0.1) is 5.41 Å². The fraction of sp³-hybridized carbons (Fsp3) is 0.150. The summed E-state index contributed by atoms with van der Waals surface area (Å²) in [4.78, 5) is 27.4. The van der Waals surface area contributed by atoms with Gasteiger partial charge in [-0.3, -0.25) is 10.2 Å². The lowest BCUT2D eigenvalue weighted by Crippen LogP contribution is -2.35. The lowest BCUT2D eigenvalue weighted by Gasteiger charge is -2.19. The average molecular weight is 408 g/mol. The summed E-state index contributed by atoms with van der Waals surface area (Å²) in [6.45, 7) is 2.04. The predicted octanol–water partition coefficient (Wildman–Crippen LogP) is 4.06. The summed E-state index contributed by atoms with van der Waals surface area (Å²) in [6, 6.07) is 9.68. The van der Waals surface area contributed by atoms with Crippen LogP contribution in [0.2, 0.25) is 0 Å². The van der Waals surface area contributed by atoms with Crippen LogP contribution in [-0.4, -0.2) is 38.0 Å². The van der Waals surface area contributed by atoms with Crippen molar-refractivity contribution in [3.63, 3.8) is 0 Å². The van der Waals surface area contributed by atoms with Crippen LogP contribution in [0.25, 0.3) is 17.4 Å². The third-order valence-corrected chi connectivity index (χ3v) is 5.26. The number of rotatable bonds is 5. The summed E-state index contributed by atoms with van der Waals surface area (Å²) < 4.78 is 5.76. The molecule has 0 saturated carbocycles. The molecule has 29 heavy (non-hydrogen) atoms. The first kappa shape index (κ1) is 18.9. The molecule has 0 atom stereocenters. The van der Waals surface area contributed by atoms with E-state index in [2.05, 4.69) is 10.1 Å². The molecular weight excluding hydrogens is 392 g/mol. The van der Waals surface area contributed by atoms with Crippen molar-refractivity contribution < 1.29 is 19.1 Å². The van der Waals surface area contributed by atoms with Crippen molar-refractivity contribution in [2.45, 2.75) is 19.8 Å². The van der Waals surface area contributed by atoms with E-state index in [1.165, 1.54) is 35.0 Å². The minimum atomic E-state index is -1.000. The van der Waals surface area contributed by atoms with E-state index >= 15 is 0 Å². The molecule has 0 aliphatic carbocycles. The number of hydrogen-bond donors (Lipinski definition) is 2. The number of carboxylic acids is 1. The zero-order chi connectivity index (χ0) is 20.5. The molecule has 2 N–H and O–H groups in total. The molecule has 0 fully saturated rings. The van der Waals surface area contributed by atoms with Crippen molar-refractivity contribution in [2.24, 2.45) is 10.1 Å². The first-order chi connectivity index (χ1) is 14.0. The van der Waals surface area contributed by atoms with Crippen molar-refractivity contribution in [1.82, 2.24) is 5.01 Å². The van der Waals surface area contributed by atoms with Crippen molar-refractivity contribution in [3.8, 4) is 11.3 Å². The Labute approximate surface area is 170 Å². The largest absolute Gasteiger partial charge is 0.478 e. The molecule has 1 amide bonds. The fourth-order valence-electron chi connectivity index (χ4n) is 2.85. The Morgan fingerprint density at radius 3 is 2.72 bits per heavy atom. The molecule has 8 nitrogen and oxygen atoms in total. The van der Waals surface area contributed by atoms with Crippen LogP contribution in [0.1, 0.15) is 35.9 Å². The van der Waals surface area contributed by atoms with E-state index in [9.17, 15) is 9.59 Å². The van der Waals surface area contributed by atoms with Gasteiger partial charge in [0.25, 0.3) is 5.91 Å². The molecule has 3 heterocycles. The molecule has 0 bridgehead atoms. The standard InChI is InChI=1S/C20H16N4O4S/c1-2-3-16-23-24-17(21)14(18(25)22-20(24)29-16)10-13-8-9-15(28-13)11-4-6-12(7-5-11)19(26)27/h4-10,21H,2-3H2,1H3,(H,26,27). The van der Waals surface area contributed by atoms with Gasteiger partial charge in [-0.2, -0.15) is 15.1 Å². The number of benzene rings is 1. The third kappa shape index (κ3) is 3.64. The molecule has 0 radical (unpaired) electrons. The molecule has 0 unspecified atom stereocenters. The number of carbonyl (C=O) groups is 2. The van der Waals surface area contributed by atoms with Crippen LogP contribution in [0.5, 0.6) is 0 Å². The van der Waals surface area contributed by atoms with Crippen LogP contribution in [-0.2, 0) is 4.79 Å². The minimum Gasteiger partial charge on any atom is -0.478 e. The van der Waals surface area contributed by atoms with Crippen LogP contribution in [0.3, 0.4) is 0 Å². The van der Waals surface area contributed by atoms with Crippen molar-refractivity contribution in [3.05, 3.63) is 53.3 Å². The summed E-state index contributed by atoms with van der Waals surface area (Å²) in [5, 5.41) is 24.3. The fourth-order valence-corrected chi connectivity index (χ4v) is 3.84. The average Bonchev–Trinajstić information content (AvgIpc) is 3.32. The number of amidine groups is 2. The van der Waals surface area contributed by atoms with Crippen LogP contribution in [0.15, 0.2) is 56.5 Å². The Balaban J connectivity index is 1.60. The molecule has 2 aromatic rings. The number of nitrogens with one attached hydrogen (secondary N) is 1. The summed E-state index contributed by atoms with van der Waals surface area (Å²) in [6.07, 6.45) is 3.15. The number of fused-ring (bicyclic) bond motifs is 1. The highest BCUT2D eigenvalue weighted by Crippen LogP contribution is 2.30. The third-order valence-electron chi connectivity index (χ3n) is 4.29. The van der Waals surface area contributed by atoms with Crippen LogP contribution >= 0.6 is 11.8 Å². The predicted molar refractivity (Wildman–Crippen MR) is 111 cm³/mol.